The molecule has 0 N–H and O–H groups in total. The van der Waals surface area contributed by atoms with Gasteiger partial charge in [-0.1, -0.05) is 354 Å². The van der Waals surface area contributed by atoms with Crippen molar-refractivity contribution in [1.82, 2.24) is 0 Å². The van der Waals surface area contributed by atoms with Crippen LogP contribution in [-0.4, -0.2) is 82.3 Å². The number of unbranched alkanes of at least 4 members (excludes halogenated alkanes) is 41. The van der Waals surface area contributed by atoms with Crippen molar-refractivity contribution in [2.75, 3.05) is 47.5 Å². The lowest BCUT2D eigenvalue weighted by Crippen LogP contribution is -2.44. The second-order valence-electron chi connectivity index (χ2n) is 28.0. The van der Waals surface area contributed by atoms with E-state index in [2.05, 4.69) is 123 Å². The molecule has 0 amide bonds. The molecular formula is C86H151NO8. The molecular weight excluding hydrogens is 1170 g/mol. The summed E-state index contributed by atoms with van der Waals surface area (Å²) in [6.45, 7) is 4.67. The number of hydrogen-bond donors (Lipinski definition) is 0. The highest BCUT2D eigenvalue weighted by atomic mass is 16.7. The number of likely N-dealkylation sites (N-methyl/N-ethyl adjacent to an activating group) is 1. The fourth-order valence-corrected chi connectivity index (χ4v) is 11.4. The average molecular weight is 1330 g/mol. The summed E-state index contributed by atoms with van der Waals surface area (Å²) in [6, 6.07) is 0. The van der Waals surface area contributed by atoms with Gasteiger partial charge in [0.2, 0.25) is 0 Å². The standard InChI is InChI=1S/C86H151NO8/c1-6-8-10-12-14-16-18-20-22-24-26-28-30-32-34-36-38-39-40-41-42-43-44-45-47-49-51-53-55-57-59-61-63-65-67-69-71-73-75-77-84(89)95-82(81-94-86(85(90)91)92-79-78-87(3,4)5)80-93-83(88)76-74-72-70-68-66-64-62-60-58-56-54-52-50-48-46-37-35-33-31-29-27-25-23-21-19-17-15-13-11-9-7-2/h8,10,14,16,19-22,25-28,32,34,38-39,41-42,82,86H,6-7,9,11-13,15,17-18,23-24,29-31,33,35-37,40,43-81H2,1-5H3/b10-8-,16-14-,21-19-,22-20-,27-25-,28-26-,34-32-,39-38-,42-41-. The number of carbonyl (C=O) groups excluding carboxylic acids is 3. The molecule has 0 saturated carbocycles. The van der Waals surface area contributed by atoms with E-state index in [-0.39, 0.29) is 32.2 Å². The third kappa shape index (κ3) is 77.2. The number of aliphatic carboxylic acids is 1. The molecule has 0 aromatic rings. The molecule has 0 radical (unpaired) electrons. The summed E-state index contributed by atoms with van der Waals surface area (Å²) in [6.07, 6.45) is 103. The molecule has 0 bridgehead atoms. The Kier molecular flexibility index (Phi) is 72.5. The van der Waals surface area contributed by atoms with Gasteiger partial charge in [0.25, 0.3) is 0 Å². The fourth-order valence-electron chi connectivity index (χ4n) is 11.4. The third-order valence-corrected chi connectivity index (χ3v) is 17.5. The van der Waals surface area contributed by atoms with E-state index in [1.807, 2.05) is 21.1 Å². The van der Waals surface area contributed by atoms with Gasteiger partial charge in [-0.05, 0) is 103 Å². The van der Waals surface area contributed by atoms with Crippen LogP contribution in [0, 0.1) is 0 Å². The summed E-state index contributed by atoms with van der Waals surface area (Å²) in [4.78, 5) is 37.6. The van der Waals surface area contributed by atoms with E-state index in [1.54, 1.807) is 0 Å². The minimum Gasteiger partial charge on any atom is -0.545 e. The molecule has 0 aliphatic rings. The lowest BCUT2D eigenvalue weighted by Gasteiger charge is -2.26. The van der Waals surface area contributed by atoms with E-state index >= 15 is 0 Å². The second kappa shape index (κ2) is 75.7. The topological polar surface area (TPSA) is 111 Å². The first-order valence-electron chi connectivity index (χ1n) is 40.0. The molecule has 95 heavy (non-hydrogen) atoms. The van der Waals surface area contributed by atoms with E-state index in [0.717, 1.165) is 83.5 Å². The number of carbonyl (C=O) groups is 3. The predicted molar refractivity (Wildman–Crippen MR) is 407 cm³/mol. The number of nitrogens with zero attached hydrogens (tertiary/aromatic N) is 1. The maximum atomic E-state index is 13.0. The number of allylic oxidation sites excluding steroid dienone is 18. The molecule has 2 atom stereocenters. The summed E-state index contributed by atoms with van der Waals surface area (Å²) in [5.41, 5.74) is 0. The van der Waals surface area contributed by atoms with Crippen molar-refractivity contribution in [2.24, 2.45) is 0 Å². The maximum Gasteiger partial charge on any atom is 0.306 e. The predicted octanol–water partition coefficient (Wildman–Crippen LogP) is 24.4. The van der Waals surface area contributed by atoms with Crippen LogP contribution in [0.2, 0.25) is 0 Å². The molecule has 548 valence electrons. The molecule has 0 spiro atoms. The fraction of sp³-hybridized carbons (Fsp3) is 0.756. The summed E-state index contributed by atoms with van der Waals surface area (Å²) in [7, 11) is 5.94. The minimum atomic E-state index is -1.62. The second-order valence-corrected chi connectivity index (χ2v) is 28.0. The molecule has 0 heterocycles. The molecule has 0 fully saturated rings. The van der Waals surface area contributed by atoms with Gasteiger partial charge >= 0.3 is 11.9 Å². The zero-order valence-corrected chi connectivity index (χ0v) is 62.8. The Bertz CT molecular complexity index is 1930. The summed E-state index contributed by atoms with van der Waals surface area (Å²) in [5, 5.41) is 11.9. The quantitative estimate of drug-likeness (QED) is 0.0195. The van der Waals surface area contributed by atoms with E-state index < -0.39 is 24.3 Å². The largest absolute Gasteiger partial charge is 0.545 e. The Morgan fingerprint density at radius 1 is 0.326 bits per heavy atom. The SMILES string of the molecule is CC/C=C\C/C=C\C/C=C\C/C=C\C/C=C\C/C=C\C/C=C\CCCCCCCCCCCCCCCCCCCC(=O)OC(COC(=O)CCCCCCCCCCCCCCCCCCCCC/C=C\C/C=C\CCCCCCC)COC(OCC[N+](C)(C)C)C(=O)[O-]. The molecule has 0 saturated heterocycles. The number of hydrogen-bond acceptors (Lipinski definition) is 8. The van der Waals surface area contributed by atoms with Crippen LogP contribution >= 0.6 is 0 Å². The zero-order valence-electron chi connectivity index (χ0n) is 62.8. The van der Waals surface area contributed by atoms with Crippen LogP contribution in [0.4, 0.5) is 0 Å². The molecule has 0 rings (SSSR count). The molecule has 0 aliphatic heterocycles. The van der Waals surface area contributed by atoms with E-state index in [0.29, 0.717) is 23.9 Å². The number of carboxylic acid groups (broad SMARTS) is 1. The van der Waals surface area contributed by atoms with Gasteiger partial charge in [-0.3, -0.25) is 9.59 Å². The monoisotopic (exact) mass is 1330 g/mol. The number of ether oxygens (including phenoxy) is 4. The highest BCUT2D eigenvalue weighted by molar-refractivity contribution is 5.70. The molecule has 2 unspecified atom stereocenters. The highest BCUT2D eigenvalue weighted by Gasteiger charge is 2.22. The third-order valence-electron chi connectivity index (χ3n) is 17.5. The van der Waals surface area contributed by atoms with Crippen LogP contribution < -0.4 is 5.11 Å². The van der Waals surface area contributed by atoms with Crippen LogP contribution in [0.1, 0.15) is 361 Å². The van der Waals surface area contributed by atoms with Crippen molar-refractivity contribution in [3.8, 4) is 0 Å². The normalized spacial score (nSPS) is 13.2. The van der Waals surface area contributed by atoms with Gasteiger partial charge in [-0.25, -0.2) is 0 Å². The zero-order chi connectivity index (χ0) is 69.0. The van der Waals surface area contributed by atoms with Crippen LogP contribution in [0.3, 0.4) is 0 Å². The summed E-state index contributed by atoms with van der Waals surface area (Å²) in [5.74, 6) is -2.26. The first-order valence-corrected chi connectivity index (χ1v) is 40.0. The van der Waals surface area contributed by atoms with Crippen LogP contribution in [0.5, 0.6) is 0 Å². The van der Waals surface area contributed by atoms with Crippen molar-refractivity contribution in [2.45, 2.75) is 373 Å². The van der Waals surface area contributed by atoms with Crippen LogP contribution in [-0.2, 0) is 33.3 Å². The molecule has 9 nitrogen and oxygen atoms in total. The van der Waals surface area contributed by atoms with Crippen molar-refractivity contribution >= 4 is 17.9 Å². The maximum absolute atomic E-state index is 13.0. The Labute approximate surface area is 587 Å². The Hall–Kier alpha value is -4.05. The van der Waals surface area contributed by atoms with Crippen molar-refractivity contribution < 1.29 is 42.9 Å². The Morgan fingerprint density at radius 3 is 0.895 bits per heavy atom. The van der Waals surface area contributed by atoms with E-state index in [9.17, 15) is 19.5 Å². The minimum absolute atomic E-state index is 0.147. The molecule has 0 aromatic carbocycles. The number of carboxylic acids is 1. The van der Waals surface area contributed by atoms with Gasteiger partial charge in [-0.2, -0.15) is 0 Å². The lowest BCUT2D eigenvalue weighted by molar-refractivity contribution is -0.870. The van der Waals surface area contributed by atoms with E-state index in [1.165, 1.54) is 244 Å². The van der Waals surface area contributed by atoms with Crippen molar-refractivity contribution in [3.05, 3.63) is 109 Å². The first-order chi connectivity index (χ1) is 46.6. The lowest BCUT2D eigenvalue weighted by atomic mass is 10.0. The molecule has 0 aromatic heterocycles. The van der Waals surface area contributed by atoms with Crippen molar-refractivity contribution in [1.29, 1.82) is 0 Å². The van der Waals surface area contributed by atoms with Gasteiger partial charge in [-0.15, -0.1) is 0 Å². The highest BCUT2D eigenvalue weighted by Crippen LogP contribution is 2.19. The Balaban J connectivity index is 4.02. The Morgan fingerprint density at radius 2 is 0.600 bits per heavy atom. The number of quaternary nitrogens is 1. The average Bonchev–Trinajstić information content (AvgIpc) is 2.92. The number of esters is 2. The smallest absolute Gasteiger partial charge is 0.306 e. The van der Waals surface area contributed by atoms with Crippen LogP contribution in [0.25, 0.3) is 0 Å². The number of rotatable bonds is 74. The summed E-state index contributed by atoms with van der Waals surface area (Å²) >= 11 is 0. The molecule has 9 heteroatoms. The van der Waals surface area contributed by atoms with Gasteiger partial charge in [0.1, 0.15) is 13.2 Å². The molecule has 0 aliphatic carbocycles. The van der Waals surface area contributed by atoms with Gasteiger partial charge in [0.15, 0.2) is 12.4 Å². The van der Waals surface area contributed by atoms with Gasteiger partial charge < -0.3 is 33.3 Å². The summed E-state index contributed by atoms with van der Waals surface area (Å²) < 4.78 is 22.9. The van der Waals surface area contributed by atoms with Gasteiger partial charge in [0, 0.05) is 12.8 Å². The van der Waals surface area contributed by atoms with Gasteiger partial charge in [0.05, 0.1) is 40.3 Å². The van der Waals surface area contributed by atoms with E-state index in [4.69, 9.17) is 18.9 Å². The first kappa shape index (κ1) is 91.0. The van der Waals surface area contributed by atoms with Crippen molar-refractivity contribution in [3.63, 3.8) is 0 Å². The van der Waals surface area contributed by atoms with Crippen LogP contribution in [0.15, 0.2) is 109 Å².